The van der Waals surface area contributed by atoms with Crippen molar-refractivity contribution < 1.29 is 0 Å². The molecular formula is C17H26N4. The molecule has 0 aliphatic rings. The highest BCUT2D eigenvalue weighted by Crippen LogP contribution is 2.15. The average molecular weight is 286 g/mol. The number of nitrogens with one attached hydrogen (secondary N) is 1. The molecule has 0 saturated heterocycles. The van der Waals surface area contributed by atoms with Crippen LogP contribution >= 0.6 is 0 Å². The summed E-state index contributed by atoms with van der Waals surface area (Å²) in [5, 5.41) is 8.16. The molecule has 2 rings (SSSR count). The van der Waals surface area contributed by atoms with Crippen LogP contribution in [0.15, 0.2) is 24.4 Å². The summed E-state index contributed by atoms with van der Waals surface area (Å²) in [5.74, 6) is 0. The first-order valence-electron chi connectivity index (χ1n) is 7.71. The molecule has 4 heteroatoms. The molecule has 21 heavy (non-hydrogen) atoms. The maximum Gasteiger partial charge on any atom is 0.0682 e. The third-order valence-electron chi connectivity index (χ3n) is 3.40. The lowest BCUT2D eigenvalue weighted by atomic mass is 10.1. The number of hydrogen-bond acceptors (Lipinski definition) is 3. The largest absolute Gasteiger partial charge is 0.306 e. The van der Waals surface area contributed by atoms with Gasteiger partial charge in [0.2, 0.25) is 0 Å². The summed E-state index contributed by atoms with van der Waals surface area (Å²) < 4.78 is 2.04. The standard InChI is InChI=1S/C17H26N4/c1-6-13-10-15(7-2)21(20-13)16-8-9-18-14(11-16)12-19-17(3,4)5/h8-11,19H,6-7,12H2,1-5H3. The maximum atomic E-state index is 4.69. The molecule has 2 aromatic heterocycles. The maximum absolute atomic E-state index is 4.69. The zero-order valence-corrected chi connectivity index (χ0v) is 13.8. The van der Waals surface area contributed by atoms with Crippen LogP contribution in [0.3, 0.4) is 0 Å². The SMILES string of the molecule is CCc1cc(CC)n(-c2ccnc(CNC(C)(C)C)c2)n1. The Morgan fingerprint density at radius 3 is 2.48 bits per heavy atom. The number of nitrogens with zero attached hydrogens (tertiary/aromatic N) is 3. The van der Waals surface area contributed by atoms with Gasteiger partial charge in [-0.3, -0.25) is 4.98 Å². The lowest BCUT2D eigenvalue weighted by Crippen LogP contribution is -2.35. The Kier molecular flexibility index (Phi) is 4.78. The number of aromatic nitrogens is 3. The first-order chi connectivity index (χ1) is 9.93. The van der Waals surface area contributed by atoms with Gasteiger partial charge < -0.3 is 5.32 Å². The predicted molar refractivity (Wildman–Crippen MR) is 86.7 cm³/mol. The van der Waals surface area contributed by atoms with Crippen molar-refractivity contribution in [1.29, 1.82) is 0 Å². The van der Waals surface area contributed by atoms with Crippen molar-refractivity contribution in [3.05, 3.63) is 41.5 Å². The lowest BCUT2D eigenvalue weighted by molar-refractivity contribution is 0.421. The van der Waals surface area contributed by atoms with Crippen LogP contribution in [0.4, 0.5) is 0 Å². The van der Waals surface area contributed by atoms with Crippen molar-refractivity contribution in [3.63, 3.8) is 0 Å². The molecular weight excluding hydrogens is 260 g/mol. The van der Waals surface area contributed by atoms with E-state index in [1.807, 2.05) is 16.9 Å². The minimum Gasteiger partial charge on any atom is -0.306 e. The van der Waals surface area contributed by atoms with Gasteiger partial charge in [0.15, 0.2) is 0 Å². The van der Waals surface area contributed by atoms with Crippen molar-refractivity contribution in [2.75, 3.05) is 0 Å². The van der Waals surface area contributed by atoms with Crippen LogP contribution in [-0.4, -0.2) is 20.3 Å². The van der Waals surface area contributed by atoms with Crippen LogP contribution in [0.5, 0.6) is 0 Å². The van der Waals surface area contributed by atoms with Gasteiger partial charge in [-0.15, -0.1) is 0 Å². The van der Waals surface area contributed by atoms with Crippen molar-refractivity contribution in [2.24, 2.45) is 0 Å². The van der Waals surface area contributed by atoms with Crippen molar-refractivity contribution in [1.82, 2.24) is 20.1 Å². The van der Waals surface area contributed by atoms with Crippen LogP contribution < -0.4 is 5.32 Å². The summed E-state index contributed by atoms with van der Waals surface area (Å²) in [5.41, 5.74) is 4.60. The molecule has 0 amide bonds. The van der Waals surface area contributed by atoms with E-state index in [2.05, 4.69) is 62.2 Å². The molecule has 2 heterocycles. The minimum absolute atomic E-state index is 0.0906. The molecule has 0 aliphatic carbocycles. The third kappa shape index (κ3) is 4.14. The molecule has 0 bridgehead atoms. The molecule has 0 spiro atoms. The molecule has 4 nitrogen and oxygen atoms in total. The Hall–Kier alpha value is -1.68. The van der Waals surface area contributed by atoms with Gasteiger partial charge >= 0.3 is 0 Å². The molecule has 0 fully saturated rings. The van der Waals surface area contributed by atoms with E-state index in [0.29, 0.717) is 0 Å². The van der Waals surface area contributed by atoms with Crippen LogP contribution in [-0.2, 0) is 19.4 Å². The fraction of sp³-hybridized carbons (Fsp3) is 0.529. The first kappa shape index (κ1) is 15.7. The number of pyridine rings is 1. The van der Waals surface area contributed by atoms with E-state index in [1.165, 1.54) is 5.69 Å². The number of rotatable bonds is 5. The fourth-order valence-corrected chi connectivity index (χ4v) is 2.17. The van der Waals surface area contributed by atoms with Crippen molar-refractivity contribution in [2.45, 2.75) is 59.5 Å². The van der Waals surface area contributed by atoms with Crippen LogP contribution in [0.2, 0.25) is 0 Å². The molecule has 0 unspecified atom stereocenters. The Morgan fingerprint density at radius 2 is 1.86 bits per heavy atom. The average Bonchev–Trinajstić information content (AvgIpc) is 2.88. The number of aryl methyl sites for hydroxylation is 2. The van der Waals surface area contributed by atoms with Crippen molar-refractivity contribution in [3.8, 4) is 5.69 Å². The lowest BCUT2D eigenvalue weighted by Gasteiger charge is -2.20. The third-order valence-corrected chi connectivity index (χ3v) is 3.40. The zero-order chi connectivity index (χ0) is 15.5. The van der Waals surface area contributed by atoms with E-state index < -0.39 is 0 Å². The van der Waals surface area contributed by atoms with Gasteiger partial charge in [0.1, 0.15) is 0 Å². The van der Waals surface area contributed by atoms with E-state index >= 15 is 0 Å². The normalized spacial score (nSPS) is 11.9. The second-order valence-electron chi connectivity index (χ2n) is 6.35. The molecule has 0 radical (unpaired) electrons. The van der Waals surface area contributed by atoms with Gasteiger partial charge in [-0.05, 0) is 51.8 Å². The molecule has 114 valence electrons. The summed E-state index contributed by atoms with van der Waals surface area (Å²) in [4.78, 5) is 4.45. The van der Waals surface area contributed by atoms with Gasteiger partial charge in [0.25, 0.3) is 0 Å². The summed E-state index contributed by atoms with van der Waals surface area (Å²) in [6, 6.07) is 6.32. The second-order valence-corrected chi connectivity index (χ2v) is 6.35. The number of hydrogen-bond donors (Lipinski definition) is 1. The Bertz CT molecular complexity index is 593. The Morgan fingerprint density at radius 1 is 1.10 bits per heavy atom. The molecule has 0 aromatic carbocycles. The van der Waals surface area contributed by atoms with Crippen LogP contribution in [0.25, 0.3) is 5.69 Å². The molecule has 0 atom stereocenters. The fourth-order valence-electron chi connectivity index (χ4n) is 2.17. The summed E-state index contributed by atoms with van der Waals surface area (Å²) in [7, 11) is 0. The van der Waals surface area contributed by atoms with Gasteiger partial charge in [-0.2, -0.15) is 5.10 Å². The van der Waals surface area contributed by atoms with E-state index in [0.717, 1.165) is 36.5 Å². The van der Waals surface area contributed by atoms with E-state index in [9.17, 15) is 0 Å². The second kappa shape index (κ2) is 6.39. The molecule has 0 aliphatic heterocycles. The minimum atomic E-state index is 0.0906. The van der Waals surface area contributed by atoms with E-state index in [1.54, 1.807) is 0 Å². The van der Waals surface area contributed by atoms with Gasteiger partial charge in [-0.1, -0.05) is 13.8 Å². The van der Waals surface area contributed by atoms with E-state index in [-0.39, 0.29) is 5.54 Å². The van der Waals surface area contributed by atoms with Gasteiger partial charge in [0, 0.05) is 24.0 Å². The van der Waals surface area contributed by atoms with Crippen molar-refractivity contribution >= 4 is 0 Å². The quantitative estimate of drug-likeness (QED) is 0.917. The molecule has 0 saturated carbocycles. The predicted octanol–water partition coefficient (Wildman–Crippen LogP) is 3.28. The highest BCUT2D eigenvalue weighted by molar-refractivity contribution is 5.34. The van der Waals surface area contributed by atoms with E-state index in [4.69, 9.17) is 0 Å². The molecule has 2 aromatic rings. The highest BCUT2D eigenvalue weighted by atomic mass is 15.3. The summed E-state index contributed by atoms with van der Waals surface area (Å²) >= 11 is 0. The zero-order valence-electron chi connectivity index (χ0n) is 13.8. The molecule has 1 N–H and O–H groups in total. The topological polar surface area (TPSA) is 42.7 Å². The van der Waals surface area contributed by atoms with Crippen LogP contribution in [0, 0.1) is 0 Å². The van der Waals surface area contributed by atoms with Crippen LogP contribution in [0.1, 0.15) is 51.7 Å². The Labute approximate surface area is 127 Å². The smallest absolute Gasteiger partial charge is 0.0682 e. The summed E-state index contributed by atoms with van der Waals surface area (Å²) in [6.07, 6.45) is 3.80. The van der Waals surface area contributed by atoms with Gasteiger partial charge in [-0.25, -0.2) is 4.68 Å². The first-order valence-corrected chi connectivity index (χ1v) is 7.71. The monoisotopic (exact) mass is 286 g/mol. The van der Waals surface area contributed by atoms with Gasteiger partial charge in [0.05, 0.1) is 17.1 Å². The Balaban J connectivity index is 2.26. The highest BCUT2D eigenvalue weighted by Gasteiger charge is 2.11. The summed E-state index contributed by atoms with van der Waals surface area (Å²) in [6.45, 7) is 11.5.